The monoisotopic (exact) mass is 506 g/mol. The van der Waals surface area contributed by atoms with Crippen LogP contribution in [0, 0.1) is 0 Å². The number of hydrogen-bond donors (Lipinski definition) is 2. The summed E-state index contributed by atoms with van der Waals surface area (Å²) < 4.78 is 17.0. The van der Waals surface area contributed by atoms with Crippen molar-refractivity contribution in [3.63, 3.8) is 0 Å². The van der Waals surface area contributed by atoms with Crippen molar-refractivity contribution in [1.82, 2.24) is 15.2 Å². The van der Waals surface area contributed by atoms with Crippen LogP contribution in [0.25, 0.3) is 0 Å². The van der Waals surface area contributed by atoms with Gasteiger partial charge in [-0.2, -0.15) is 0 Å². The molecule has 2 heterocycles. The van der Waals surface area contributed by atoms with Crippen molar-refractivity contribution in [3.05, 3.63) is 72.4 Å². The van der Waals surface area contributed by atoms with Crippen LogP contribution in [0.4, 0.5) is 5.69 Å². The van der Waals surface area contributed by atoms with Gasteiger partial charge in [0.15, 0.2) is 11.5 Å². The summed E-state index contributed by atoms with van der Waals surface area (Å²) >= 11 is 0. The third kappa shape index (κ3) is 6.90. The lowest BCUT2D eigenvalue weighted by atomic mass is 10.2. The second-order valence-corrected chi connectivity index (χ2v) is 8.66. The molecule has 0 radical (unpaired) electrons. The van der Waals surface area contributed by atoms with E-state index >= 15 is 0 Å². The van der Waals surface area contributed by atoms with E-state index in [1.165, 1.54) is 0 Å². The predicted octanol–water partition coefficient (Wildman–Crippen LogP) is 3.19. The van der Waals surface area contributed by atoms with Crippen molar-refractivity contribution in [3.8, 4) is 23.1 Å². The minimum absolute atomic E-state index is 0.120. The molecule has 1 saturated heterocycles. The van der Waals surface area contributed by atoms with Crippen LogP contribution in [0.2, 0.25) is 0 Å². The Morgan fingerprint density at radius 2 is 1.70 bits per heavy atom. The van der Waals surface area contributed by atoms with Gasteiger partial charge in [-0.1, -0.05) is 24.3 Å². The summed E-state index contributed by atoms with van der Waals surface area (Å²) in [6, 6.07) is 18.5. The molecular formula is C28H34N4O5. The molecule has 1 aliphatic rings. The van der Waals surface area contributed by atoms with Crippen molar-refractivity contribution in [2.75, 3.05) is 57.9 Å². The van der Waals surface area contributed by atoms with Gasteiger partial charge in [0.05, 0.1) is 25.5 Å². The fraction of sp³-hybridized carbons (Fsp3) is 0.357. The van der Waals surface area contributed by atoms with Gasteiger partial charge in [0.25, 0.3) is 5.91 Å². The number of aromatic nitrogens is 1. The first-order valence-corrected chi connectivity index (χ1v) is 12.5. The van der Waals surface area contributed by atoms with E-state index in [4.69, 9.17) is 14.2 Å². The Bertz CT molecular complexity index is 1170. The lowest BCUT2D eigenvalue weighted by Crippen LogP contribution is -2.50. The van der Waals surface area contributed by atoms with Gasteiger partial charge in [0, 0.05) is 45.5 Å². The zero-order valence-corrected chi connectivity index (χ0v) is 21.3. The maximum atomic E-state index is 12.9. The van der Waals surface area contributed by atoms with Gasteiger partial charge in [0.1, 0.15) is 11.3 Å². The minimum atomic E-state index is -0.707. The van der Waals surface area contributed by atoms with E-state index < -0.39 is 6.10 Å². The van der Waals surface area contributed by atoms with Crippen LogP contribution in [0.5, 0.6) is 23.1 Å². The quantitative estimate of drug-likeness (QED) is 0.409. The molecule has 2 N–H and O–H groups in total. The summed E-state index contributed by atoms with van der Waals surface area (Å²) in [6.45, 7) is 6.49. The number of β-amino-alcohol motifs (C(OH)–C–C–N with tert-alkyl or cyclic N) is 1. The van der Waals surface area contributed by atoms with E-state index in [0.29, 0.717) is 24.7 Å². The van der Waals surface area contributed by atoms with E-state index in [0.717, 1.165) is 37.6 Å². The number of anilines is 1. The fourth-order valence-corrected chi connectivity index (χ4v) is 4.29. The highest BCUT2D eigenvalue weighted by molar-refractivity contribution is 5.96. The zero-order valence-electron chi connectivity index (χ0n) is 21.3. The number of rotatable bonds is 11. The third-order valence-electron chi connectivity index (χ3n) is 6.14. The van der Waals surface area contributed by atoms with E-state index in [2.05, 4.69) is 26.2 Å². The third-order valence-corrected chi connectivity index (χ3v) is 6.14. The second kappa shape index (κ2) is 12.9. The maximum absolute atomic E-state index is 12.9. The molecule has 1 aliphatic heterocycles. The molecule has 0 saturated carbocycles. The highest BCUT2D eigenvalue weighted by Crippen LogP contribution is 2.31. The number of methoxy groups -OCH3 is 1. The Morgan fingerprint density at radius 3 is 2.43 bits per heavy atom. The summed E-state index contributed by atoms with van der Waals surface area (Å²) in [6.07, 6.45) is 0.851. The Morgan fingerprint density at radius 1 is 1.00 bits per heavy atom. The van der Waals surface area contributed by atoms with Crippen LogP contribution >= 0.6 is 0 Å². The molecule has 1 aromatic heterocycles. The van der Waals surface area contributed by atoms with Gasteiger partial charge in [-0.15, -0.1) is 0 Å². The average molecular weight is 507 g/mol. The number of aliphatic hydroxyl groups excluding tert-OH is 1. The van der Waals surface area contributed by atoms with Crippen molar-refractivity contribution >= 4 is 11.6 Å². The lowest BCUT2D eigenvalue weighted by molar-refractivity contribution is 0.0849. The molecule has 1 amide bonds. The summed E-state index contributed by atoms with van der Waals surface area (Å²) in [4.78, 5) is 21.6. The highest BCUT2D eigenvalue weighted by atomic mass is 16.5. The largest absolute Gasteiger partial charge is 0.493 e. The predicted molar refractivity (Wildman–Crippen MR) is 142 cm³/mol. The van der Waals surface area contributed by atoms with Crippen molar-refractivity contribution in [1.29, 1.82) is 0 Å². The number of piperazine rings is 1. The topological polar surface area (TPSA) is 96.4 Å². The van der Waals surface area contributed by atoms with Crippen LogP contribution < -0.4 is 24.4 Å². The number of pyridine rings is 1. The zero-order chi connectivity index (χ0) is 26.0. The second-order valence-electron chi connectivity index (χ2n) is 8.66. The van der Waals surface area contributed by atoms with Crippen LogP contribution in [-0.2, 0) is 0 Å². The number of benzene rings is 2. The molecule has 2 aromatic carbocycles. The number of nitrogens with zero attached hydrogens (tertiary/aromatic N) is 3. The molecule has 1 unspecified atom stereocenters. The Labute approximate surface area is 217 Å². The lowest BCUT2D eigenvalue weighted by Gasteiger charge is -2.37. The van der Waals surface area contributed by atoms with Crippen LogP contribution in [0.15, 0.2) is 66.9 Å². The molecular weight excluding hydrogens is 472 g/mol. The first kappa shape index (κ1) is 26.2. The normalized spacial score (nSPS) is 14.6. The van der Waals surface area contributed by atoms with E-state index in [9.17, 15) is 9.90 Å². The van der Waals surface area contributed by atoms with Crippen molar-refractivity contribution in [2.45, 2.75) is 13.0 Å². The van der Waals surface area contributed by atoms with Gasteiger partial charge >= 0.3 is 0 Å². The number of carbonyl (C=O) groups excluding carboxylic acids is 1. The SMILES string of the molecule is CCOc1ccccc1N1CCN(CC(O)CNC(=O)c2cccnc2Oc2ccccc2OC)CC1. The minimum Gasteiger partial charge on any atom is -0.493 e. The number of nitrogens with one attached hydrogen (secondary N) is 1. The molecule has 196 valence electrons. The van der Waals surface area contributed by atoms with Crippen molar-refractivity contribution < 1.29 is 24.1 Å². The number of ether oxygens (including phenoxy) is 3. The number of amides is 1. The Balaban J connectivity index is 1.28. The Kier molecular flexibility index (Phi) is 9.18. The molecule has 1 fully saturated rings. The van der Waals surface area contributed by atoms with Crippen LogP contribution in [0.3, 0.4) is 0 Å². The maximum Gasteiger partial charge on any atom is 0.256 e. The van der Waals surface area contributed by atoms with E-state index in [1.807, 2.05) is 37.3 Å². The Hall–Kier alpha value is -3.82. The standard InChI is InChI=1S/C28H34N4O5/c1-3-36-24-11-5-4-10-23(24)32-17-15-31(16-18-32)20-21(33)19-30-27(34)22-9-8-14-29-28(22)37-26-13-7-6-12-25(26)35-2/h4-14,21,33H,3,15-20H2,1-2H3,(H,30,34). The summed E-state index contributed by atoms with van der Waals surface area (Å²) in [5.41, 5.74) is 1.38. The van der Waals surface area contributed by atoms with Gasteiger partial charge in [0.2, 0.25) is 5.88 Å². The van der Waals surface area contributed by atoms with Crippen molar-refractivity contribution in [2.24, 2.45) is 0 Å². The first-order chi connectivity index (χ1) is 18.1. The molecule has 4 rings (SSSR count). The molecule has 3 aromatic rings. The summed E-state index contributed by atoms with van der Waals surface area (Å²) in [5.74, 6) is 1.69. The molecule has 1 atom stereocenters. The summed E-state index contributed by atoms with van der Waals surface area (Å²) in [5, 5.41) is 13.4. The number of hydrogen-bond acceptors (Lipinski definition) is 8. The number of carbonyl (C=O) groups is 1. The van der Waals surface area contributed by atoms with Crippen LogP contribution in [0.1, 0.15) is 17.3 Å². The smallest absolute Gasteiger partial charge is 0.256 e. The van der Waals surface area contributed by atoms with E-state index in [1.54, 1.807) is 37.6 Å². The summed E-state index contributed by atoms with van der Waals surface area (Å²) in [7, 11) is 1.55. The molecule has 0 aliphatic carbocycles. The molecule has 0 bridgehead atoms. The van der Waals surface area contributed by atoms with Gasteiger partial charge in [-0.3, -0.25) is 9.69 Å². The highest BCUT2D eigenvalue weighted by Gasteiger charge is 2.22. The number of aliphatic hydroxyl groups is 1. The van der Waals surface area contributed by atoms with Crippen LogP contribution in [-0.4, -0.2) is 80.0 Å². The van der Waals surface area contributed by atoms with E-state index in [-0.39, 0.29) is 23.9 Å². The molecule has 0 spiro atoms. The molecule has 9 heteroatoms. The first-order valence-electron chi connectivity index (χ1n) is 12.5. The fourth-order valence-electron chi connectivity index (χ4n) is 4.29. The van der Waals surface area contributed by atoms with Gasteiger partial charge in [-0.25, -0.2) is 4.98 Å². The molecule has 37 heavy (non-hydrogen) atoms. The van der Waals surface area contributed by atoms with Gasteiger partial charge < -0.3 is 29.5 Å². The van der Waals surface area contributed by atoms with Gasteiger partial charge in [-0.05, 0) is 43.3 Å². The number of para-hydroxylation sites is 4. The molecule has 9 nitrogen and oxygen atoms in total. The average Bonchev–Trinajstić information content (AvgIpc) is 2.93.